The molecule has 1 amide bonds. The third kappa shape index (κ3) is 2.14. The van der Waals surface area contributed by atoms with Gasteiger partial charge in [0.25, 0.3) is 0 Å². The van der Waals surface area contributed by atoms with Crippen LogP contribution >= 0.6 is 11.3 Å². The van der Waals surface area contributed by atoms with Gasteiger partial charge in [-0.2, -0.15) is 0 Å². The average Bonchev–Trinajstić information content (AvgIpc) is 2.34. The highest BCUT2D eigenvalue weighted by atomic mass is 32.1. The van der Waals surface area contributed by atoms with Crippen LogP contribution in [0.4, 0.5) is 0 Å². The molecule has 0 saturated carbocycles. The summed E-state index contributed by atoms with van der Waals surface area (Å²) in [5.41, 5.74) is 0. The van der Waals surface area contributed by atoms with Crippen molar-refractivity contribution in [2.75, 3.05) is 0 Å². The lowest BCUT2D eigenvalue weighted by molar-refractivity contribution is -0.119. The molecule has 10 heavy (non-hydrogen) atoms. The Bertz CT molecular complexity index is 208. The topological polar surface area (TPSA) is 42.0 Å². The van der Waals surface area contributed by atoms with E-state index < -0.39 is 0 Å². The predicted octanol–water partition coefficient (Wildman–Crippen LogP) is 0.779. The quantitative estimate of drug-likeness (QED) is 0.687. The largest absolute Gasteiger partial charge is 0.350 e. The molecule has 0 radical (unpaired) electrons. The van der Waals surface area contributed by atoms with E-state index in [1.165, 1.54) is 18.3 Å². The maximum atomic E-state index is 10.4. The molecule has 0 fully saturated rings. The van der Waals surface area contributed by atoms with Gasteiger partial charge in [0.15, 0.2) is 0 Å². The van der Waals surface area contributed by atoms with Gasteiger partial charge >= 0.3 is 0 Å². The van der Waals surface area contributed by atoms with Gasteiger partial charge in [0, 0.05) is 18.5 Å². The minimum Gasteiger partial charge on any atom is -0.350 e. The summed E-state index contributed by atoms with van der Waals surface area (Å²) in [5.74, 6) is -0.0183. The molecule has 1 aromatic heterocycles. The van der Waals surface area contributed by atoms with E-state index in [0.29, 0.717) is 6.54 Å². The molecule has 1 N–H and O–H groups in total. The second-order valence-electron chi connectivity index (χ2n) is 1.84. The summed E-state index contributed by atoms with van der Waals surface area (Å²) >= 11 is 1.54. The molecule has 3 nitrogen and oxygen atoms in total. The zero-order valence-corrected chi connectivity index (χ0v) is 6.44. The first-order valence-electron chi connectivity index (χ1n) is 2.92. The van der Waals surface area contributed by atoms with Crippen molar-refractivity contribution in [3.05, 3.63) is 16.6 Å². The fourth-order valence-corrected chi connectivity index (χ4v) is 1.10. The molecule has 0 atom stereocenters. The second-order valence-corrected chi connectivity index (χ2v) is 2.81. The predicted molar refractivity (Wildman–Crippen MR) is 39.6 cm³/mol. The van der Waals surface area contributed by atoms with E-state index in [0.717, 1.165) is 5.01 Å². The van der Waals surface area contributed by atoms with Gasteiger partial charge in [-0.25, -0.2) is 4.98 Å². The van der Waals surface area contributed by atoms with Crippen LogP contribution in [0.3, 0.4) is 0 Å². The minimum atomic E-state index is -0.0183. The van der Waals surface area contributed by atoms with Crippen molar-refractivity contribution in [2.24, 2.45) is 0 Å². The number of nitrogens with one attached hydrogen (secondary N) is 1. The van der Waals surface area contributed by atoms with E-state index in [-0.39, 0.29) is 5.91 Å². The zero-order chi connectivity index (χ0) is 7.40. The van der Waals surface area contributed by atoms with E-state index in [1.54, 1.807) is 6.20 Å². The number of carbonyl (C=O) groups is 1. The first kappa shape index (κ1) is 7.21. The Labute approximate surface area is 63.1 Å². The average molecular weight is 156 g/mol. The van der Waals surface area contributed by atoms with Crippen LogP contribution in [0, 0.1) is 0 Å². The van der Waals surface area contributed by atoms with Gasteiger partial charge < -0.3 is 5.32 Å². The fourth-order valence-electron chi connectivity index (χ4n) is 0.540. The van der Waals surface area contributed by atoms with Gasteiger partial charge in [-0.3, -0.25) is 4.79 Å². The maximum Gasteiger partial charge on any atom is 0.217 e. The van der Waals surface area contributed by atoms with Crippen LogP contribution < -0.4 is 5.32 Å². The first-order chi connectivity index (χ1) is 4.79. The number of carbonyl (C=O) groups excluding carboxylic acids is 1. The van der Waals surface area contributed by atoms with Crippen molar-refractivity contribution in [3.8, 4) is 0 Å². The van der Waals surface area contributed by atoms with Crippen LogP contribution in [-0.4, -0.2) is 10.9 Å². The zero-order valence-electron chi connectivity index (χ0n) is 5.63. The van der Waals surface area contributed by atoms with Gasteiger partial charge in [0.05, 0.1) is 6.54 Å². The SMILES string of the molecule is CC(=O)NCc1nccs1. The summed E-state index contributed by atoms with van der Waals surface area (Å²) < 4.78 is 0. The first-order valence-corrected chi connectivity index (χ1v) is 3.80. The van der Waals surface area contributed by atoms with Gasteiger partial charge in [-0.15, -0.1) is 11.3 Å². The Morgan fingerprint density at radius 2 is 2.70 bits per heavy atom. The third-order valence-electron chi connectivity index (χ3n) is 0.972. The van der Waals surface area contributed by atoms with Crippen molar-refractivity contribution < 1.29 is 4.79 Å². The van der Waals surface area contributed by atoms with Crippen LogP contribution in [0.1, 0.15) is 11.9 Å². The van der Waals surface area contributed by atoms with Crippen LogP contribution in [0.2, 0.25) is 0 Å². The molecule has 1 aromatic rings. The van der Waals surface area contributed by atoms with E-state index in [9.17, 15) is 4.79 Å². The van der Waals surface area contributed by atoms with Crippen molar-refractivity contribution in [2.45, 2.75) is 13.5 Å². The van der Waals surface area contributed by atoms with Crippen LogP contribution in [-0.2, 0) is 11.3 Å². The molecule has 4 heteroatoms. The summed E-state index contributed by atoms with van der Waals surface area (Å²) in [5, 5.41) is 5.48. The summed E-state index contributed by atoms with van der Waals surface area (Å²) in [7, 11) is 0. The molecule has 0 aliphatic heterocycles. The lowest BCUT2D eigenvalue weighted by atomic mass is 10.6. The molecular formula is C6H8N2OS. The van der Waals surface area contributed by atoms with Gasteiger partial charge in [-0.05, 0) is 0 Å². The number of nitrogens with zero attached hydrogens (tertiary/aromatic N) is 1. The lowest BCUT2D eigenvalue weighted by Crippen LogP contribution is -2.18. The molecule has 0 saturated heterocycles. The van der Waals surface area contributed by atoms with Gasteiger partial charge in [0.2, 0.25) is 5.91 Å². The number of thiazole rings is 1. The molecule has 0 aliphatic rings. The molecule has 0 spiro atoms. The van der Waals surface area contributed by atoms with E-state index in [2.05, 4.69) is 10.3 Å². The molecule has 1 rings (SSSR count). The Morgan fingerprint density at radius 1 is 1.90 bits per heavy atom. The van der Waals surface area contributed by atoms with Crippen molar-refractivity contribution in [1.29, 1.82) is 0 Å². The molecular weight excluding hydrogens is 148 g/mol. The molecule has 0 bridgehead atoms. The fraction of sp³-hybridized carbons (Fsp3) is 0.333. The number of aromatic nitrogens is 1. The van der Waals surface area contributed by atoms with E-state index >= 15 is 0 Å². The van der Waals surface area contributed by atoms with Crippen molar-refractivity contribution in [3.63, 3.8) is 0 Å². The molecule has 0 unspecified atom stereocenters. The van der Waals surface area contributed by atoms with Crippen LogP contribution in [0.25, 0.3) is 0 Å². The molecule has 0 aromatic carbocycles. The molecule has 1 heterocycles. The summed E-state index contributed by atoms with van der Waals surface area (Å²) in [6, 6.07) is 0. The van der Waals surface area contributed by atoms with Gasteiger partial charge in [0.1, 0.15) is 5.01 Å². The third-order valence-corrected chi connectivity index (χ3v) is 1.75. The Balaban J connectivity index is 2.35. The Hall–Kier alpha value is -0.900. The second kappa shape index (κ2) is 3.31. The monoisotopic (exact) mass is 156 g/mol. The number of hydrogen-bond donors (Lipinski definition) is 1. The molecule has 54 valence electrons. The standard InChI is InChI=1S/C6H8N2OS/c1-5(9)8-4-6-7-2-3-10-6/h2-3H,4H2,1H3,(H,8,9). The number of rotatable bonds is 2. The van der Waals surface area contributed by atoms with Crippen LogP contribution in [0.5, 0.6) is 0 Å². The van der Waals surface area contributed by atoms with Crippen LogP contribution in [0.15, 0.2) is 11.6 Å². The highest BCUT2D eigenvalue weighted by Crippen LogP contribution is 2.01. The highest BCUT2D eigenvalue weighted by molar-refractivity contribution is 7.09. The van der Waals surface area contributed by atoms with Crippen molar-refractivity contribution >= 4 is 17.2 Å². The van der Waals surface area contributed by atoms with E-state index in [1.807, 2.05) is 5.38 Å². The number of amides is 1. The smallest absolute Gasteiger partial charge is 0.217 e. The maximum absolute atomic E-state index is 10.4. The summed E-state index contributed by atoms with van der Waals surface area (Å²) in [6.45, 7) is 2.04. The van der Waals surface area contributed by atoms with E-state index in [4.69, 9.17) is 0 Å². The normalized spacial score (nSPS) is 9.30. The lowest BCUT2D eigenvalue weighted by Gasteiger charge is -1.94. The van der Waals surface area contributed by atoms with Gasteiger partial charge in [-0.1, -0.05) is 0 Å². The Morgan fingerprint density at radius 3 is 3.20 bits per heavy atom. The Kier molecular flexibility index (Phi) is 2.39. The molecule has 0 aliphatic carbocycles. The highest BCUT2D eigenvalue weighted by Gasteiger charge is 1.94. The summed E-state index contributed by atoms with van der Waals surface area (Å²) in [6.07, 6.45) is 1.72. The van der Waals surface area contributed by atoms with Crippen molar-refractivity contribution in [1.82, 2.24) is 10.3 Å². The minimum absolute atomic E-state index is 0.0183. The summed E-state index contributed by atoms with van der Waals surface area (Å²) in [4.78, 5) is 14.4. The number of hydrogen-bond acceptors (Lipinski definition) is 3.